The number of nitrogens with zero attached hydrogens (tertiary/aromatic N) is 4. The summed E-state index contributed by atoms with van der Waals surface area (Å²) in [5.74, 6) is 0.706. The maximum atomic E-state index is 12.8. The van der Waals surface area contributed by atoms with Gasteiger partial charge in [0.15, 0.2) is 0 Å². The van der Waals surface area contributed by atoms with Gasteiger partial charge in [-0.2, -0.15) is 5.10 Å². The van der Waals surface area contributed by atoms with Gasteiger partial charge < -0.3 is 14.6 Å². The fourth-order valence-electron chi connectivity index (χ4n) is 3.51. The van der Waals surface area contributed by atoms with Crippen molar-refractivity contribution in [1.82, 2.24) is 24.6 Å². The van der Waals surface area contributed by atoms with Crippen LogP contribution in [0.3, 0.4) is 0 Å². The number of methoxy groups -OCH3 is 1. The second-order valence-corrected chi connectivity index (χ2v) is 7.01. The van der Waals surface area contributed by atoms with Gasteiger partial charge in [0.1, 0.15) is 18.4 Å². The molecule has 0 saturated heterocycles. The molecular weight excluding hydrogens is 378 g/mol. The van der Waals surface area contributed by atoms with Crippen LogP contribution >= 0.6 is 0 Å². The lowest BCUT2D eigenvalue weighted by atomic mass is 10.2. The smallest absolute Gasteiger partial charge is 0.253 e. The van der Waals surface area contributed by atoms with E-state index in [4.69, 9.17) is 4.74 Å². The van der Waals surface area contributed by atoms with Crippen molar-refractivity contribution in [3.63, 3.8) is 0 Å². The fourth-order valence-corrected chi connectivity index (χ4v) is 3.51. The van der Waals surface area contributed by atoms with Crippen molar-refractivity contribution < 1.29 is 9.53 Å². The van der Waals surface area contributed by atoms with Crippen molar-refractivity contribution in [3.8, 4) is 17.1 Å². The zero-order valence-electron chi connectivity index (χ0n) is 17.2. The summed E-state index contributed by atoms with van der Waals surface area (Å²) < 4.78 is 8.99. The summed E-state index contributed by atoms with van der Waals surface area (Å²) in [6.45, 7) is 4.40. The van der Waals surface area contributed by atoms with Gasteiger partial charge in [-0.15, -0.1) is 0 Å². The van der Waals surface area contributed by atoms with Crippen molar-refractivity contribution >= 4 is 5.91 Å². The predicted molar refractivity (Wildman–Crippen MR) is 114 cm³/mol. The van der Waals surface area contributed by atoms with Crippen molar-refractivity contribution in [2.75, 3.05) is 7.11 Å². The Balaban J connectivity index is 1.47. The molecule has 30 heavy (non-hydrogen) atoms. The van der Waals surface area contributed by atoms with Gasteiger partial charge in [0.2, 0.25) is 0 Å². The van der Waals surface area contributed by atoms with Gasteiger partial charge in [-0.1, -0.05) is 12.1 Å². The molecule has 0 spiro atoms. The summed E-state index contributed by atoms with van der Waals surface area (Å²) >= 11 is 0. The molecule has 7 heteroatoms. The van der Waals surface area contributed by atoms with E-state index in [1.165, 1.54) is 6.33 Å². The number of nitrogens with one attached hydrogen (secondary N) is 1. The van der Waals surface area contributed by atoms with Crippen LogP contribution in [0.15, 0.2) is 67.3 Å². The zero-order valence-corrected chi connectivity index (χ0v) is 17.2. The number of benzene rings is 2. The van der Waals surface area contributed by atoms with Crippen LogP contribution in [0.2, 0.25) is 0 Å². The highest BCUT2D eigenvalue weighted by Crippen LogP contribution is 2.23. The first-order valence-electron chi connectivity index (χ1n) is 9.62. The summed E-state index contributed by atoms with van der Waals surface area (Å²) in [5.41, 5.74) is 5.49. The number of hydrogen-bond acceptors (Lipinski definition) is 4. The van der Waals surface area contributed by atoms with E-state index in [0.717, 1.165) is 34.1 Å². The molecule has 0 bridgehead atoms. The molecule has 4 rings (SSSR count). The maximum absolute atomic E-state index is 12.8. The van der Waals surface area contributed by atoms with Crippen molar-refractivity contribution in [1.29, 1.82) is 0 Å². The van der Waals surface area contributed by atoms with Crippen molar-refractivity contribution in [2.24, 2.45) is 0 Å². The standard InChI is InChI=1S/C23H23N5O2/c1-16-12-22(17(2)28(16)20-8-10-21(30-3)11-9-20)23(29)25-13-18-4-6-19(7-5-18)27-15-24-14-26-27/h4-12,14-15H,13H2,1-3H3,(H,25,29). The molecule has 7 nitrogen and oxygen atoms in total. The van der Waals surface area contributed by atoms with E-state index < -0.39 is 0 Å². The van der Waals surface area contributed by atoms with E-state index in [0.29, 0.717) is 12.1 Å². The molecule has 4 aromatic rings. The molecule has 0 fully saturated rings. The van der Waals surface area contributed by atoms with Crippen LogP contribution in [0.1, 0.15) is 27.3 Å². The van der Waals surface area contributed by atoms with Crippen LogP contribution < -0.4 is 10.1 Å². The summed E-state index contributed by atoms with van der Waals surface area (Å²) in [7, 11) is 1.64. The normalized spacial score (nSPS) is 10.8. The Bertz CT molecular complexity index is 1140. The van der Waals surface area contributed by atoms with Crippen molar-refractivity contribution in [2.45, 2.75) is 20.4 Å². The van der Waals surface area contributed by atoms with E-state index in [-0.39, 0.29) is 5.91 Å². The molecule has 2 aromatic heterocycles. The summed E-state index contributed by atoms with van der Waals surface area (Å²) in [5, 5.41) is 7.12. The summed E-state index contributed by atoms with van der Waals surface area (Å²) in [4.78, 5) is 16.8. The molecule has 0 aliphatic carbocycles. The first kappa shape index (κ1) is 19.4. The molecule has 0 aliphatic heterocycles. The van der Waals surface area contributed by atoms with Crippen LogP contribution in [-0.2, 0) is 6.54 Å². The van der Waals surface area contributed by atoms with Crippen LogP contribution in [0.25, 0.3) is 11.4 Å². The minimum absolute atomic E-state index is 0.0942. The SMILES string of the molecule is COc1ccc(-n2c(C)cc(C(=O)NCc3ccc(-n4cncn4)cc3)c2C)cc1. The quantitative estimate of drug-likeness (QED) is 0.536. The minimum atomic E-state index is -0.0942. The molecule has 0 aliphatic rings. The molecule has 1 N–H and O–H groups in total. The highest BCUT2D eigenvalue weighted by molar-refractivity contribution is 5.95. The molecular formula is C23H23N5O2. The summed E-state index contributed by atoms with van der Waals surface area (Å²) in [6.07, 6.45) is 3.14. The maximum Gasteiger partial charge on any atom is 0.253 e. The third-order valence-corrected chi connectivity index (χ3v) is 5.08. The first-order chi connectivity index (χ1) is 14.6. The number of aryl methyl sites for hydroxylation is 1. The zero-order chi connectivity index (χ0) is 21.1. The van der Waals surface area contributed by atoms with Gasteiger partial charge in [0, 0.05) is 23.6 Å². The number of ether oxygens (including phenoxy) is 1. The van der Waals surface area contributed by atoms with Crippen LogP contribution in [0.5, 0.6) is 5.75 Å². The third kappa shape index (κ3) is 3.82. The van der Waals surface area contributed by atoms with E-state index >= 15 is 0 Å². The van der Waals surface area contributed by atoms with E-state index in [2.05, 4.69) is 20.0 Å². The number of amides is 1. The lowest BCUT2D eigenvalue weighted by Crippen LogP contribution is -2.23. The highest BCUT2D eigenvalue weighted by atomic mass is 16.5. The Morgan fingerprint density at radius 2 is 1.73 bits per heavy atom. The molecule has 0 radical (unpaired) electrons. The fraction of sp³-hybridized carbons (Fsp3) is 0.174. The van der Waals surface area contributed by atoms with E-state index in [9.17, 15) is 4.79 Å². The number of carbonyl (C=O) groups is 1. The number of aromatic nitrogens is 4. The van der Waals surface area contributed by atoms with Crippen LogP contribution in [-0.4, -0.2) is 32.3 Å². The first-order valence-corrected chi connectivity index (χ1v) is 9.62. The van der Waals surface area contributed by atoms with Crippen LogP contribution in [0.4, 0.5) is 0 Å². The van der Waals surface area contributed by atoms with Gasteiger partial charge >= 0.3 is 0 Å². The monoisotopic (exact) mass is 401 g/mol. The molecule has 0 unspecified atom stereocenters. The Labute approximate surface area is 174 Å². The highest BCUT2D eigenvalue weighted by Gasteiger charge is 2.16. The van der Waals surface area contributed by atoms with E-state index in [1.807, 2.05) is 68.4 Å². The Kier molecular flexibility index (Phi) is 5.34. The van der Waals surface area contributed by atoms with Gasteiger partial charge in [0.05, 0.1) is 18.4 Å². The molecule has 2 heterocycles. The van der Waals surface area contributed by atoms with Crippen LogP contribution in [0, 0.1) is 13.8 Å². The Morgan fingerprint density at radius 1 is 1.03 bits per heavy atom. The predicted octanol–water partition coefficient (Wildman–Crippen LogP) is 3.61. The van der Waals surface area contributed by atoms with Gasteiger partial charge in [0.25, 0.3) is 5.91 Å². The average molecular weight is 401 g/mol. The Morgan fingerprint density at radius 3 is 2.37 bits per heavy atom. The largest absolute Gasteiger partial charge is 0.497 e. The molecule has 2 aromatic carbocycles. The molecule has 0 atom stereocenters. The van der Waals surface area contributed by atoms with Gasteiger partial charge in [-0.25, -0.2) is 9.67 Å². The van der Waals surface area contributed by atoms with Gasteiger partial charge in [-0.05, 0) is 61.9 Å². The lowest BCUT2D eigenvalue weighted by molar-refractivity contribution is 0.0950. The molecule has 152 valence electrons. The minimum Gasteiger partial charge on any atom is -0.497 e. The second-order valence-electron chi connectivity index (χ2n) is 7.01. The van der Waals surface area contributed by atoms with Crippen molar-refractivity contribution in [3.05, 3.63) is 89.8 Å². The van der Waals surface area contributed by atoms with E-state index in [1.54, 1.807) is 18.1 Å². The average Bonchev–Trinajstić information content (AvgIpc) is 3.41. The second kappa shape index (κ2) is 8.24. The molecule has 1 amide bonds. The number of hydrogen-bond donors (Lipinski definition) is 1. The number of carbonyl (C=O) groups excluding carboxylic acids is 1. The topological polar surface area (TPSA) is 74.0 Å². The molecule has 0 saturated carbocycles. The summed E-state index contributed by atoms with van der Waals surface area (Å²) in [6, 6.07) is 17.6. The number of rotatable bonds is 6. The lowest BCUT2D eigenvalue weighted by Gasteiger charge is -2.11. The third-order valence-electron chi connectivity index (χ3n) is 5.08. The Hall–Kier alpha value is -3.87. The van der Waals surface area contributed by atoms with Gasteiger partial charge in [-0.3, -0.25) is 4.79 Å².